The van der Waals surface area contributed by atoms with Crippen molar-refractivity contribution in [3.05, 3.63) is 23.0 Å². The third-order valence-electron chi connectivity index (χ3n) is 3.41. The Labute approximate surface area is 176 Å². The molecule has 182 valence electrons. The zero-order chi connectivity index (χ0) is 24.3. The average Bonchev–Trinajstić information content (AvgIpc) is 3.20. The van der Waals surface area contributed by atoms with Crippen LogP contribution in [0.15, 0.2) is 17.4 Å². The number of aliphatic hydroxyl groups excluding tert-OH is 2. The van der Waals surface area contributed by atoms with Crippen LogP contribution in [0.2, 0.25) is 0 Å². The Morgan fingerprint density at radius 3 is 2.09 bits per heavy atom. The first-order chi connectivity index (χ1) is 14.6. The van der Waals surface area contributed by atoms with Crippen LogP contribution in [0.1, 0.15) is 0 Å². The second kappa shape index (κ2) is 10.3. The van der Waals surface area contributed by atoms with Crippen molar-refractivity contribution in [1.29, 1.82) is 0 Å². The number of aromatic nitrogens is 4. The lowest BCUT2D eigenvalue weighted by atomic mass is 10.1. The van der Waals surface area contributed by atoms with Gasteiger partial charge in [0.05, 0.1) is 19.3 Å². The summed E-state index contributed by atoms with van der Waals surface area (Å²) in [4.78, 5) is 66.9. The molecule has 3 heterocycles. The van der Waals surface area contributed by atoms with Gasteiger partial charge in [-0.25, -0.2) is 23.7 Å². The molecule has 0 bridgehead atoms. The molecule has 5 atom stereocenters. The molecule has 2 aromatic heterocycles. The number of imidazole rings is 1. The number of fused-ring (bicyclic) bond motifs is 1. The summed E-state index contributed by atoms with van der Waals surface area (Å²) in [6.07, 6.45) is -4.83. The SMILES string of the molecule is O=P(O)(O)O[C@H]1C(OP(=O)(O)OP(=O)(O)O)O[C@H](CO)[C@H]1O.O=c1[nH]cnc2nc[nH]c12. The highest BCUT2D eigenvalue weighted by molar-refractivity contribution is 7.60. The van der Waals surface area contributed by atoms with E-state index in [1.165, 1.54) is 12.7 Å². The van der Waals surface area contributed by atoms with E-state index < -0.39 is 54.7 Å². The van der Waals surface area contributed by atoms with E-state index in [2.05, 4.69) is 38.0 Å². The van der Waals surface area contributed by atoms with E-state index in [-0.39, 0.29) is 5.56 Å². The molecule has 1 aliphatic rings. The van der Waals surface area contributed by atoms with Crippen molar-refractivity contribution in [3.63, 3.8) is 0 Å². The maximum atomic E-state index is 11.3. The van der Waals surface area contributed by atoms with Crippen LogP contribution in [0.25, 0.3) is 11.2 Å². The molecule has 1 fully saturated rings. The van der Waals surface area contributed by atoms with Gasteiger partial charge in [0.2, 0.25) is 0 Å². The Balaban J connectivity index is 0.000000297. The van der Waals surface area contributed by atoms with Gasteiger partial charge in [0, 0.05) is 0 Å². The quantitative estimate of drug-likeness (QED) is 0.167. The first-order valence-electron chi connectivity index (χ1n) is 7.95. The van der Waals surface area contributed by atoms with Gasteiger partial charge in [0.25, 0.3) is 5.56 Å². The summed E-state index contributed by atoms with van der Waals surface area (Å²) in [5.41, 5.74) is 0.675. The number of nitrogens with one attached hydrogen (secondary N) is 2. The minimum atomic E-state index is -5.44. The third-order valence-corrected chi connectivity index (χ3v) is 6.08. The van der Waals surface area contributed by atoms with Gasteiger partial charge in [0.15, 0.2) is 17.5 Å². The predicted molar refractivity (Wildman–Crippen MR) is 97.2 cm³/mol. The molecule has 0 saturated carbocycles. The monoisotopic (exact) mass is 526 g/mol. The molecule has 1 saturated heterocycles. The van der Waals surface area contributed by atoms with E-state index in [0.717, 1.165) is 0 Å². The smallest absolute Gasteiger partial charge is 0.394 e. The Morgan fingerprint density at radius 1 is 1.00 bits per heavy atom. The number of H-pyrrole nitrogens is 2. The fourth-order valence-electron chi connectivity index (χ4n) is 2.27. The molecule has 2 unspecified atom stereocenters. The molecule has 22 heteroatoms. The number of rotatable bonds is 7. The molecule has 9 N–H and O–H groups in total. The molecule has 0 spiro atoms. The summed E-state index contributed by atoms with van der Waals surface area (Å²) >= 11 is 0. The van der Waals surface area contributed by atoms with Crippen molar-refractivity contribution in [2.45, 2.75) is 24.6 Å². The Kier molecular flexibility index (Phi) is 8.60. The van der Waals surface area contributed by atoms with Crippen LogP contribution in [0.5, 0.6) is 0 Å². The lowest BCUT2D eigenvalue weighted by molar-refractivity contribution is -0.123. The highest BCUT2D eigenvalue weighted by Crippen LogP contribution is 2.59. The molecular formula is C10H17N4O15P3. The van der Waals surface area contributed by atoms with Gasteiger partial charge in [0.1, 0.15) is 18.3 Å². The largest absolute Gasteiger partial charge is 0.483 e. The third kappa shape index (κ3) is 7.87. The normalized spacial score (nSPS) is 25.8. The number of aliphatic hydroxyl groups is 2. The number of phosphoric ester groups is 2. The lowest BCUT2D eigenvalue weighted by Crippen LogP contribution is -2.36. The topological polar surface area (TPSA) is 304 Å². The molecule has 32 heavy (non-hydrogen) atoms. The van der Waals surface area contributed by atoms with E-state index in [0.29, 0.717) is 11.2 Å². The van der Waals surface area contributed by atoms with Crippen molar-refractivity contribution in [3.8, 4) is 0 Å². The Morgan fingerprint density at radius 2 is 1.59 bits per heavy atom. The van der Waals surface area contributed by atoms with Crippen LogP contribution < -0.4 is 5.56 Å². The molecule has 19 nitrogen and oxygen atoms in total. The minimum Gasteiger partial charge on any atom is -0.394 e. The molecular weight excluding hydrogens is 509 g/mol. The molecule has 0 aromatic carbocycles. The highest BCUT2D eigenvalue weighted by Gasteiger charge is 2.51. The molecule has 0 radical (unpaired) electrons. The van der Waals surface area contributed by atoms with Gasteiger partial charge in [-0.3, -0.25) is 13.8 Å². The van der Waals surface area contributed by atoms with Gasteiger partial charge >= 0.3 is 23.5 Å². The van der Waals surface area contributed by atoms with E-state index >= 15 is 0 Å². The summed E-state index contributed by atoms with van der Waals surface area (Å²) < 4.78 is 49.0. The van der Waals surface area contributed by atoms with Crippen molar-refractivity contribution in [1.82, 2.24) is 19.9 Å². The maximum Gasteiger partial charge on any atom is 0.483 e. The summed E-state index contributed by atoms with van der Waals surface area (Å²) in [6.45, 7) is -0.878. The van der Waals surface area contributed by atoms with Crippen LogP contribution in [0, 0.1) is 0 Å². The van der Waals surface area contributed by atoms with Crippen LogP contribution in [-0.2, 0) is 31.8 Å². The number of ether oxygens (including phenoxy) is 1. The highest BCUT2D eigenvalue weighted by atomic mass is 31.3. The van der Waals surface area contributed by atoms with Crippen LogP contribution >= 0.6 is 23.5 Å². The number of hydrogen-bond donors (Lipinski definition) is 9. The molecule has 0 aliphatic carbocycles. The standard InChI is InChI=1S/C5H4N4O.C5H13O14P3/c10-5-3-4(7-1-6-3)8-2-9-5;6-1-2-3(7)4(17-20(8,9)10)5(16-2)18-22(14,15)19-21(11,12)13/h1-2H,(H2,6,7,8,9,10);2-7H,1H2,(H,14,15)(H2,8,9,10)(H2,11,12,13)/t;2-,3-,4-,5?/m.1/s1. The number of nitrogens with zero attached hydrogens (tertiary/aromatic N) is 2. The molecule has 1 aliphatic heterocycles. The predicted octanol–water partition coefficient (Wildman–Crippen LogP) is -2.59. The first kappa shape index (κ1) is 26.8. The van der Waals surface area contributed by atoms with E-state index in [9.17, 15) is 23.6 Å². The van der Waals surface area contributed by atoms with Gasteiger partial charge in [-0.1, -0.05) is 0 Å². The summed E-state index contributed by atoms with van der Waals surface area (Å²) in [7, 11) is -16.1. The maximum absolute atomic E-state index is 11.3. The fourth-order valence-corrected chi connectivity index (χ4v) is 4.47. The Bertz CT molecular complexity index is 1110. The van der Waals surface area contributed by atoms with Crippen LogP contribution in [0.4, 0.5) is 0 Å². The second-order valence-electron chi connectivity index (χ2n) is 5.76. The average molecular weight is 526 g/mol. The van der Waals surface area contributed by atoms with Crippen molar-refractivity contribution in [2.75, 3.05) is 6.61 Å². The van der Waals surface area contributed by atoms with Crippen molar-refractivity contribution >= 4 is 34.6 Å². The Hall–Kier alpha value is -1.40. The molecule has 3 rings (SSSR count). The number of phosphoric acid groups is 3. The summed E-state index contributed by atoms with van der Waals surface area (Å²) in [5.74, 6) is 0. The van der Waals surface area contributed by atoms with Crippen molar-refractivity contribution in [2.24, 2.45) is 0 Å². The zero-order valence-corrected chi connectivity index (χ0v) is 18.0. The van der Waals surface area contributed by atoms with E-state index in [4.69, 9.17) is 29.6 Å². The van der Waals surface area contributed by atoms with Crippen LogP contribution in [-0.4, -0.2) is 85.8 Å². The van der Waals surface area contributed by atoms with Gasteiger partial charge < -0.3 is 49.4 Å². The zero-order valence-electron chi connectivity index (χ0n) is 15.3. The first-order valence-corrected chi connectivity index (χ1v) is 12.5. The lowest BCUT2D eigenvalue weighted by Gasteiger charge is -2.22. The van der Waals surface area contributed by atoms with E-state index in [1.807, 2.05) is 0 Å². The molecule has 0 amide bonds. The van der Waals surface area contributed by atoms with Crippen molar-refractivity contribution < 1.29 is 66.5 Å². The number of hydrogen-bond acceptors (Lipinski definition) is 12. The molecule has 2 aromatic rings. The van der Waals surface area contributed by atoms with E-state index in [1.54, 1.807) is 0 Å². The summed E-state index contributed by atoms with van der Waals surface area (Å²) in [6, 6.07) is 0. The second-order valence-corrected chi connectivity index (χ2v) is 9.73. The number of aromatic amines is 2. The fraction of sp³-hybridized carbons (Fsp3) is 0.500. The minimum absolute atomic E-state index is 0.192. The van der Waals surface area contributed by atoms with Gasteiger partial charge in [-0.05, 0) is 0 Å². The van der Waals surface area contributed by atoms with Gasteiger partial charge in [-0.2, -0.15) is 4.31 Å². The van der Waals surface area contributed by atoms with Gasteiger partial charge in [-0.15, -0.1) is 0 Å². The summed E-state index contributed by atoms with van der Waals surface area (Å²) in [5, 5.41) is 18.5. The van der Waals surface area contributed by atoms with Crippen LogP contribution in [0.3, 0.4) is 0 Å².